The van der Waals surface area contributed by atoms with Crippen LogP contribution >= 0.6 is 0 Å². The number of aliphatic hydroxyl groups is 1. The fraction of sp³-hybridized carbons (Fsp3) is 0.333. The highest BCUT2D eigenvalue weighted by molar-refractivity contribution is 6.46. The molecule has 2 aromatic rings. The largest absolute Gasteiger partial charge is 0.507 e. The third-order valence-corrected chi connectivity index (χ3v) is 4.88. The van der Waals surface area contributed by atoms with Gasteiger partial charge in [0.1, 0.15) is 11.5 Å². The molecule has 1 N–H and O–H groups in total. The second-order valence-corrected chi connectivity index (χ2v) is 7.44. The van der Waals surface area contributed by atoms with Gasteiger partial charge in [-0.3, -0.25) is 9.59 Å². The van der Waals surface area contributed by atoms with Crippen LogP contribution in [0.15, 0.2) is 60.2 Å². The summed E-state index contributed by atoms with van der Waals surface area (Å²) in [5.74, 6) is -0.842. The fourth-order valence-corrected chi connectivity index (χ4v) is 3.62. The molecule has 1 saturated heterocycles. The van der Waals surface area contributed by atoms with Crippen LogP contribution in [0.3, 0.4) is 0 Å². The zero-order chi connectivity index (χ0) is 21.7. The molecule has 6 heteroatoms. The fourth-order valence-electron chi connectivity index (χ4n) is 3.62. The Morgan fingerprint density at radius 2 is 1.83 bits per heavy atom. The van der Waals surface area contributed by atoms with Crippen molar-refractivity contribution in [3.63, 3.8) is 0 Å². The number of carbonyl (C=O) groups excluding carboxylic acids is 2. The zero-order valence-corrected chi connectivity index (χ0v) is 17.5. The molecule has 3 rings (SSSR count). The Hall–Kier alpha value is -3.12. The maximum atomic E-state index is 12.9. The Bertz CT molecular complexity index is 936. The van der Waals surface area contributed by atoms with Crippen molar-refractivity contribution in [1.82, 2.24) is 4.90 Å². The van der Waals surface area contributed by atoms with Gasteiger partial charge in [-0.25, -0.2) is 0 Å². The summed E-state index contributed by atoms with van der Waals surface area (Å²) in [6.07, 6.45) is 0.561. The van der Waals surface area contributed by atoms with Crippen molar-refractivity contribution < 1.29 is 24.2 Å². The van der Waals surface area contributed by atoms with Gasteiger partial charge < -0.3 is 19.5 Å². The summed E-state index contributed by atoms with van der Waals surface area (Å²) in [6, 6.07) is 15.4. The van der Waals surface area contributed by atoms with E-state index in [9.17, 15) is 14.7 Å². The minimum absolute atomic E-state index is 0.0161. The van der Waals surface area contributed by atoms with Crippen LogP contribution in [0.5, 0.6) is 5.75 Å². The normalized spacial score (nSPS) is 18.3. The third kappa shape index (κ3) is 4.54. The Balaban J connectivity index is 2.10. The molecule has 158 valence electrons. The molecule has 1 unspecified atom stereocenters. The molecule has 0 radical (unpaired) electrons. The second kappa shape index (κ2) is 9.59. The van der Waals surface area contributed by atoms with Crippen molar-refractivity contribution in [1.29, 1.82) is 0 Å². The lowest BCUT2D eigenvalue weighted by Crippen LogP contribution is -2.31. The van der Waals surface area contributed by atoms with Gasteiger partial charge in [0.2, 0.25) is 0 Å². The number of Topliss-reactive ketones (excluding diaryl/α,β-unsaturated/α-hetero) is 1. The van der Waals surface area contributed by atoms with E-state index in [0.717, 1.165) is 0 Å². The number of methoxy groups -OCH3 is 1. The summed E-state index contributed by atoms with van der Waals surface area (Å²) in [4.78, 5) is 27.3. The van der Waals surface area contributed by atoms with E-state index in [1.54, 1.807) is 31.4 Å². The number of carbonyl (C=O) groups is 2. The molecule has 1 fully saturated rings. The van der Waals surface area contributed by atoms with Crippen LogP contribution in [0.25, 0.3) is 5.76 Å². The van der Waals surface area contributed by atoms with Gasteiger partial charge in [-0.1, -0.05) is 42.5 Å². The van der Waals surface area contributed by atoms with Gasteiger partial charge in [-0.05, 0) is 38.0 Å². The average molecular weight is 409 g/mol. The molecule has 1 amide bonds. The Morgan fingerprint density at radius 3 is 2.50 bits per heavy atom. The zero-order valence-electron chi connectivity index (χ0n) is 17.5. The van der Waals surface area contributed by atoms with Gasteiger partial charge >= 0.3 is 0 Å². The predicted molar refractivity (Wildman–Crippen MR) is 114 cm³/mol. The first-order valence-corrected chi connectivity index (χ1v) is 10.0. The van der Waals surface area contributed by atoms with Gasteiger partial charge in [-0.2, -0.15) is 0 Å². The van der Waals surface area contributed by atoms with E-state index in [0.29, 0.717) is 36.4 Å². The minimum Gasteiger partial charge on any atom is -0.507 e. The van der Waals surface area contributed by atoms with Crippen LogP contribution in [-0.2, 0) is 14.3 Å². The third-order valence-electron chi connectivity index (χ3n) is 4.88. The first kappa shape index (κ1) is 21.6. The van der Waals surface area contributed by atoms with E-state index in [4.69, 9.17) is 9.47 Å². The lowest BCUT2D eigenvalue weighted by molar-refractivity contribution is -0.140. The summed E-state index contributed by atoms with van der Waals surface area (Å²) in [5.41, 5.74) is 1.29. The SMILES string of the molecule is COCCCN1C(=O)C(=O)/C(=C(\O)c2ccccc2)C1c1cccc(OC(C)C)c1. The van der Waals surface area contributed by atoms with E-state index in [1.165, 1.54) is 4.90 Å². The van der Waals surface area contributed by atoms with Crippen LogP contribution in [0.2, 0.25) is 0 Å². The molecule has 1 atom stereocenters. The molecule has 1 aliphatic heterocycles. The highest BCUT2D eigenvalue weighted by Gasteiger charge is 2.45. The number of hydrogen-bond donors (Lipinski definition) is 1. The number of likely N-dealkylation sites (tertiary alicyclic amines) is 1. The average Bonchev–Trinajstić information content (AvgIpc) is 2.99. The molecule has 0 aromatic heterocycles. The smallest absolute Gasteiger partial charge is 0.295 e. The van der Waals surface area contributed by atoms with Crippen LogP contribution in [0, 0.1) is 0 Å². The molecule has 1 heterocycles. The number of ketones is 1. The minimum atomic E-state index is -0.697. The Labute approximate surface area is 176 Å². The van der Waals surface area contributed by atoms with Crippen molar-refractivity contribution in [2.24, 2.45) is 0 Å². The van der Waals surface area contributed by atoms with Crippen LogP contribution < -0.4 is 4.74 Å². The molecule has 0 bridgehead atoms. The topological polar surface area (TPSA) is 76.1 Å². The quantitative estimate of drug-likeness (QED) is 0.309. The Morgan fingerprint density at radius 1 is 1.10 bits per heavy atom. The number of aliphatic hydroxyl groups excluding tert-OH is 1. The van der Waals surface area contributed by atoms with Crippen LogP contribution in [0.4, 0.5) is 0 Å². The number of hydrogen-bond acceptors (Lipinski definition) is 5. The number of ether oxygens (including phenoxy) is 2. The van der Waals surface area contributed by atoms with Crippen molar-refractivity contribution in [3.05, 3.63) is 71.3 Å². The summed E-state index contributed by atoms with van der Waals surface area (Å²) in [6.45, 7) is 4.66. The Kier molecular flexibility index (Phi) is 6.90. The first-order chi connectivity index (χ1) is 14.4. The monoisotopic (exact) mass is 409 g/mol. The van der Waals surface area contributed by atoms with E-state index in [-0.39, 0.29) is 17.4 Å². The van der Waals surface area contributed by atoms with Gasteiger partial charge in [0.25, 0.3) is 11.7 Å². The predicted octanol–water partition coefficient (Wildman–Crippen LogP) is 3.93. The van der Waals surface area contributed by atoms with Crippen molar-refractivity contribution in [2.75, 3.05) is 20.3 Å². The first-order valence-electron chi connectivity index (χ1n) is 10.0. The van der Waals surface area contributed by atoms with E-state index >= 15 is 0 Å². The van der Waals surface area contributed by atoms with Crippen molar-refractivity contribution >= 4 is 17.4 Å². The maximum absolute atomic E-state index is 12.9. The van der Waals surface area contributed by atoms with Gasteiger partial charge in [0, 0.05) is 25.8 Å². The summed E-state index contributed by atoms with van der Waals surface area (Å²) in [7, 11) is 1.59. The molecule has 0 aliphatic carbocycles. The molecule has 30 heavy (non-hydrogen) atoms. The van der Waals surface area contributed by atoms with Crippen LogP contribution in [0.1, 0.15) is 37.4 Å². The highest BCUT2D eigenvalue weighted by Crippen LogP contribution is 2.40. The molecular weight excluding hydrogens is 382 g/mol. The van der Waals surface area contributed by atoms with Crippen molar-refractivity contribution in [2.45, 2.75) is 32.4 Å². The van der Waals surface area contributed by atoms with E-state index in [2.05, 4.69) is 0 Å². The lowest BCUT2D eigenvalue weighted by Gasteiger charge is -2.25. The van der Waals surface area contributed by atoms with Gasteiger partial charge in [0.05, 0.1) is 17.7 Å². The number of rotatable bonds is 8. The number of benzene rings is 2. The highest BCUT2D eigenvalue weighted by atomic mass is 16.5. The molecular formula is C24H27NO5. The van der Waals surface area contributed by atoms with Crippen LogP contribution in [-0.4, -0.2) is 48.1 Å². The summed E-state index contributed by atoms with van der Waals surface area (Å²) in [5, 5.41) is 11.0. The van der Waals surface area contributed by atoms with Gasteiger partial charge in [0.15, 0.2) is 0 Å². The lowest BCUT2D eigenvalue weighted by atomic mass is 9.95. The van der Waals surface area contributed by atoms with E-state index in [1.807, 2.05) is 44.2 Å². The molecule has 2 aromatic carbocycles. The summed E-state index contributed by atoms with van der Waals surface area (Å²) < 4.78 is 10.9. The second-order valence-electron chi connectivity index (χ2n) is 7.44. The van der Waals surface area contributed by atoms with Gasteiger partial charge in [-0.15, -0.1) is 0 Å². The van der Waals surface area contributed by atoms with Crippen molar-refractivity contribution in [3.8, 4) is 5.75 Å². The number of amides is 1. The summed E-state index contributed by atoms with van der Waals surface area (Å²) >= 11 is 0. The maximum Gasteiger partial charge on any atom is 0.295 e. The molecule has 6 nitrogen and oxygen atoms in total. The standard InChI is InChI=1S/C24H27NO5/c1-16(2)30-19-12-7-11-18(15-19)21-20(22(26)17-9-5-4-6-10-17)23(27)24(28)25(21)13-8-14-29-3/h4-7,9-12,15-16,21,26H,8,13-14H2,1-3H3/b22-20-. The number of nitrogens with zero attached hydrogens (tertiary/aromatic N) is 1. The van der Waals surface area contributed by atoms with E-state index < -0.39 is 17.7 Å². The molecule has 0 spiro atoms. The molecule has 0 saturated carbocycles. The molecule has 1 aliphatic rings.